The minimum absolute atomic E-state index is 0.0668. The summed E-state index contributed by atoms with van der Waals surface area (Å²) in [6.45, 7) is 6.38. The lowest BCUT2D eigenvalue weighted by Gasteiger charge is -2.14. The van der Waals surface area contributed by atoms with Crippen LogP contribution in [-0.4, -0.2) is 33.3 Å². The molecule has 0 heterocycles. The third-order valence-electron chi connectivity index (χ3n) is 3.02. The fourth-order valence-electron chi connectivity index (χ4n) is 1.89. The van der Waals surface area contributed by atoms with Crippen molar-refractivity contribution in [3.63, 3.8) is 0 Å². The first-order valence-corrected chi connectivity index (χ1v) is 9.02. The molecule has 0 aliphatic carbocycles. The Bertz CT molecular complexity index is 600. The van der Waals surface area contributed by atoms with Gasteiger partial charge >= 0.3 is 0 Å². The maximum absolute atomic E-state index is 11.8. The van der Waals surface area contributed by atoms with Crippen LogP contribution < -0.4 is 10.0 Å². The smallest absolute Gasteiger partial charge is 0.232 e. The van der Waals surface area contributed by atoms with Gasteiger partial charge in [-0.05, 0) is 38.0 Å². The molecule has 7 heteroatoms. The molecule has 1 aromatic carbocycles. The maximum Gasteiger partial charge on any atom is 0.232 e. The van der Waals surface area contributed by atoms with Gasteiger partial charge in [0.15, 0.2) is 0 Å². The van der Waals surface area contributed by atoms with E-state index in [4.69, 9.17) is 4.74 Å². The molecule has 0 bridgehead atoms. The SMILES string of the molecule is CCCS(=O)(=O)Nc1cccc(NC(=O)CCOCC)c1C. The molecule has 2 N–H and O–H groups in total. The molecule has 124 valence electrons. The third kappa shape index (κ3) is 6.03. The van der Waals surface area contributed by atoms with Crippen LogP contribution in [0.1, 0.15) is 32.3 Å². The van der Waals surface area contributed by atoms with Gasteiger partial charge in [0.25, 0.3) is 0 Å². The molecule has 0 fully saturated rings. The summed E-state index contributed by atoms with van der Waals surface area (Å²) in [5.74, 6) is -0.0951. The molecule has 1 amide bonds. The highest BCUT2D eigenvalue weighted by atomic mass is 32.2. The molecular weight excluding hydrogens is 304 g/mol. The molecule has 0 aliphatic rings. The van der Waals surface area contributed by atoms with Crippen molar-refractivity contribution < 1.29 is 17.9 Å². The van der Waals surface area contributed by atoms with Crippen LogP contribution in [0.25, 0.3) is 0 Å². The first kappa shape index (κ1) is 18.4. The van der Waals surface area contributed by atoms with Gasteiger partial charge < -0.3 is 10.1 Å². The van der Waals surface area contributed by atoms with Gasteiger partial charge in [-0.25, -0.2) is 8.42 Å². The normalized spacial score (nSPS) is 11.2. The van der Waals surface area contributed by atoms with Gasteiger partial charge in [-0.1, -0.05) is 13.0 Å². The molecule has 0 saturated carbocycles. The molecule has 0 unspecified atom stereocenters. The molecule has 1 rings (SSSR count). The first-order valence-electron chi connectivity index (χ1n) is 7.37. The zero-order valence-corrected chi connectivity index (χ0v) is 14.1. The number of anilines is 2. The number of amides is 1. The van der Waals surface area contributed by atoms with E-state index in [2.05, 4.69) is 10.0 Å². The van der Waals surface area contributed by atoms with E-state index in [9.17, 15) is 13.2 Å². The lowest BCUT2D eigenvalue weighted by molar-refractivity contribution is -0.117. The quantitative estimate of drug-likeness (QED) is 0.682. The average molecular weight is 328 g/mol. The standard InChI is InChI=1S/C15H24N2O4S/c1-4-11-22(19,20)17-14-8-6-7-13(12(14)3)16-15(18)9-10-21-5-2/h6-8,17H,4-5,9-11H2,1-3H3,(H,16,18). The number of carbonyl (C=O) groups excluding carboxylic acids is 1. The van der Waals surface area contributed by atoms with Crippen LogP contribution in [0.5, 0.6) is 0 Å². The van der Waals surface area contributed by atoms with Crippen molar-refractivity contribution in [3.05, 3.63) is 23.8 Å². The molecule has 1 aromatic rings. The maximum atomic E-state index is 11.8. The monoisotopic (exact) mass is 328 g/mol. The van der Waals surface area contributed by atoms with Gasteiger partial charge in [0, 0.05) is 12.3 Å². The predicted molar refractivity (Wildman–Crippen MR) is 88.6 cm³/mol. The molecule has 0 aliphatic heterocycles. The van der Waals surface area contributed by atoms with Crippen LogP contribution in [0.3, 0.4) is 0 Å². The molecule has 6 nitrogen and oxygen atoms in total. The molecule has 0 spiro atoms. The molecule has 0 aromatic heterocycles. The Morgan fingerprint density at radius 2 is 1.91 bits per heavy atom. The number of benzene rings is 1. The van der Waals surface area contributed by atoms with Gasteiger partial charge in [-0.15, -0.1) is 0 Å². The first-order chi connectivity index (χ1) is 10.4. The van der Waals surface area contributed by atoms with E-state index in [1.54, 1.807) is 32.0 Å². The van der Waals surface area contributed by atoms with E-state index in [1.165, 1.54) is 0 Å². The van der Waals surface area contributed by atoms with Crippen molar-refractivity contribution >= 4 is 27.3 Å². The summed E-state index contributed by atoms with van der Waals surface area (Å²) in [6, 6.07) is 5.12. The second kappa shape index (κ2) is 8.75. The minimum atomic E-state index is -3.35. The molecule has 0 radical (unpaired) electrons. The summed E-state index contributed by atoms with van der Waals surface area (Å²) in [7, 11) is -3.35. The Kier molecular flexibility index (Phi) is 7.34. The highest BCUT2D eigenvalue weighted by Gasteiger charge is 2.13. The molecule has 0 atom stereocenters. The fraction of sp³-hybridized carbons (Fsp3) is 0.533. The number of nitrogens with one attached hydrogen (secondary N) is 2. The van der Waals surface area contributed by atoms with Gasteiger partial charge in [0.05, 0.1) is 24.5 Å². The zero-order valence-electron chi connectivity index (χ0n) is 13.3. The number of carbonyl (C=O) groups is 1. The van der Waals surface area contributed by atoms with Gasteiger partial charge in [-0.2, -0.15) is 0 Å². The van der Waals surface area contributed by atoms with Crippen LogP contribution in [0.15, 0.2) is 18.2 Å². The lowest BCUT2D eigenvalue weighted by Crippen LogP contribution is -2.18. The fourth-order valence-corrected chi connectivity index (χ4v) is 3.09. The highest BCUT2D eigenvalue weighted by molar-refractivity contribution is 7.92. The molecular formula is C15H24N2O4S. The largest absolute Gasteiger partial charge is 0.381 e. The second-order valence-electron chi connectivity index (χ2n) is 4.89. The summed E-state index contributed by atoms with van der Waals surface area (Å²) in [5, 5.41) is 2.77. The Labute approximate surface area is 132 Å². The number of ether oxygens (including phenoxy) is 1. The van der Waals surface area contributed by atoms with Crippen molar-refractivity contribution in [1.29, 1.82) is 0 Å². The van der Waals surface area contributed by atoms with Crippen LogP contribution in [0.2, 0.25) is 0 Å². The van der Waals surface area contributed by atoms with Gasteiger partial charge in [-0.3, -0.25) is 9.52 Å². The second-order valence-corrected chi connectivity index (χ2v) is 6.74. The Hall–Kier alpha value is -1.60. The van der Waals surface area contributed by atoms with E-state index in [1.807, 2.05) is 6.92 Å². The van der Waals surface area contributed by atoms with E-state index >= 15 is 0 Å². The van der Waals surface area contributed by atoms with Crippen LogP contribution in [0, 0.1) is 6.92 Å². The lowest BCUT2D eigenvalue weighted by atomic mass is 10.1. The highest BCUT2D eigenvalue weighted by Crippen LogP contribution is 2.24. The van der Waals surface area contributed by atoms with Crippen LogP contribution in [0.4, 0.5) is 11.4 Å². The third-order valence-corrected chi connectivity index (χ3v) is 4.50. The summed E-state index contributed by atoms with van der Waals surface area (Å²) >= 11 is 0. The molecule has 22 heavy (non-hydrogen) atoms. The Balaban J connectivity index is 2.78. The minimum Gasteiger partial charge on any atom is -0.381 e. The average Bonchev–Trinajstić information content (AvgIpc) is 2.43. The Morgan fingerprint density at radius 1 is 1.23 bits per heavy atom. The van der Waals surface area contributed by atoms with Crippen molar-refractivity contribution in [2.45, 2.75) is 33.6 Å². The number of hydrogen-bond donors (Lipinski definition) is 2. The summed E-state index contributed by atoms with van der Waals surface area (Å²) in [4.78, 5) is 11.8. The number of rotatable bonds is 9. The van der Waals surface area contributed by atoms with Gasteiger partial charge in [0.2, 0.25) is 15.9 Å². The van der Waals surface area contributed by atoms with Crippen molar-refractivity contribution in [3.8, 4) is 0 Å². The molecule has 0 saturated heterocycles. The van der Waals surface area contributed by atoms with Crippen LogP contribution >= 0.6 is 0 Å². The van der Waals surface area contributed by atoms with Crippen molar-refractivity contribution in [1.82, 2.24) is 0 Å². The summed E-state index contributed by atoms with van der Waals surface area (Å²) in [6.07, 6.45) is 0.807. The van der Waals surface area contributed by atoms with Crippen LogP contribution in [-0.2, 0) is 19.6 Å². The number of sulfonamides is 1. The summed E-state index contributed by atoms with van der Waals surface area (Å²) < 4.78 is 31.4. The van der Waals surface area contributed by atoms with Crippen molar-refractivity contribution in [2.24, 2.45) is 0 Å². The Morgan fingerprint density at radius 3 is 2.55 bits per heavy atom. The summed E-state index contributed by atoms with van der Waals surface area (Å²) in [5.41, 5.74) is 1.76. The van der Waals surface area contributed by atoms with Crippen molar-refractivity contribution in [2.75, 3.05) is 29.0 Å². The van der Waals surface area contributed by atoms with E-state index < -0.39 is 10.0 Å². The van der Waals surface area contributed by atoms with E-state index in [0.717, 1.165) is 0 Å². The number of hydrogen-bond acceptors (Lipinski definition) is 4. The zero-order chi connectivity index (χ0) is 16.6. The topological polar surface area (TPSA) is 84.5 Å². The van der Waals surface area contributed by atoms with E-state index in [-0.39, 0.29) is 18.1 Å². The predicted octanol–water partition coefficient (Wildman–Crippen LogP) is 2.51. The van der Waals surface area contributed by atoms with E-state index in [0.29, 0.717) is 36.6 Å². The van der Waals surface area contributed by atoms with Gasteiger partial charge in [0.1, 0.15) is 0 Å².